The summed E-state index contributed by atoms with van der Waals surface area (Å²) in [5.74, 6) is -1.58. The van der Waals surface area contributed by atoms with Crippen LogP contribution in [0.5, 0.6) is 0 Å². The summed E-state index contributed by atoms with van der Waals surface area (Å²) in [6.07, 6.45) is -0.378. The lowest BCUT2D eigenvalue weighted by Crippen LogP contribution is -2.41. The van der Waals surface area contributed by atoms with Gasteiger partial charge in [0, 0.05) is 4.88 Å². The number of nitrogens with two attached hydrogens (primary N) is 1. The lowest BCUT2D eigenvalue weighted by atomic mass is 10.2. The Labute approximate surface area is 101 Å². The van der Waals surface area contributed by atoms with Crippen molar-refractivity contribution in [1.29, 1.82) is 0 Å². The summed E-state index contributed by atoms with van der Waals surface area (Å²) in [6.45, 7) is 0.309. The fourth-order valence-electron chi connectivity index (χ4n) is 1.03. The number of hydrogen-bond acceptors (Lipinski definition) is 4. The second-order valence-corrected chi connectivity index (χ2v) is 4.93. The van der Waals surface area contributed by atoms with Crippen LogP contribution in [0, 0.1) is 0 Å². The SMILES string of the molecule is NC(CC(=O)O)C(=O)NCc1ccc(Cl)s1. The summed E-state index contributed by atoms with van der Waals surface area (Å²) in [4.78, 5) is 22.5. The third-order valence-corrected chi connectivity index (χ3v) is 3.03. The number of carbonyl (C=O) groups is 2. The maximum atomic E-state index is 11.3. The maximum absolute atomic E-state index is 11.3. The molecular formula is C9H11ClN2O3S. The second kappa shape index (κ2) is 5.83. The molecule has 4 N–H and O–H groups in total. The number of nitrogens with one attached hydrogen (secondary N) is 1. The molecule has 0 saturated heterocycles. The van der Waals surface area contributed by atoms with Crippen LogP contribution in [0.15, 0.2) is 12.1 Å². The van der Waals surface area contributed by atoms with Crippen LogP contribution < -0.4 is 11.1 Å². The first-order valence-corrected chi connectivity index (χ1v) is 5.68. The van der Waals surface area contributed by atoms with Crippen molar-refractivity contribution in [2.24, 2.45) is 5.73 Å². The average molecular weight is 263 g/mol. The minimum atomic E-state index is -1.10. The van der Waals surface area contributed by atoms with Crippen molar-refractivity contribution >= 4 is 34.8 Å². The highest BCUT2D eigenvalue weighted by Gasteiger charge is 2.16. The van der Waals surface area contributed by atoms with E-state index in [1.165, 1.54) is 11.3 Å². The standard InChI is InChI=1S/C9H11ClN2O3S/c10-7-2-1-5(16-7)4-12-9(15)6(11)3-8(13)14/h1-2,6H,3-4,11H2,(H,12,15)(H,13,14). The fraction of sp³-hybridized carbons (Fsp3) is 0.333. The molecule has 1 amide bonds. The molecule has 7 heteroatoms. The molecule has 0 bridgehead atoms. The molecule has 0 aromatic carbocycles. The molecule has 0 saturated carbocycles. The van der Waals surface area contributed by atoms with Gasteiger partial charge in [-0.2, -0.15) is 0 Å². The number of rotatable bonds is 5. The summed E-state index contributed by atoms with van der Waals surface area (Å²) >= 11 is 7.06. The van der Waals surface area contributed by atoms with E-state index < -0.39 is 17.9 Å². The molecule has 0 fully saturated rings. The van der Waals surface area contributed by atoms with E-state index in [0.717, 1.165) is 4.88 Å². The van der Waals surface area contributed by atoms with Gasteiger partial charge in [0.15, 0.2) is 0 Å². The van der Waals surface area contributed by atoms with Gasteiger partial charge in [0.05, 0.1) is 23.3 Å². The number of hydrogen-bond donors (Lipinski definition) is 3. The molecule has 88 valence electrons. The van der Waals surface area contributed by atoms with Gasteiger partial charge in [-0.05, 0) is 12.1 Å². The zero-order chi connectivity index (χ0) is 12.1. The summed E-state index contributed by atoms with van der Waals surface area (Å²) in [5, 5.41) is 11.0. The number of halogens is 1. The van der Waals surface area contributed by atoms with Crippen LogP contribution in [-0.2, 0) is 16.1 Å². The number of aliphatic carboxylic acids is 1. The first-order valence-electron chi connectivity index (χ1n) is 4.48. The molecule has 0 spiro atoms. The Morgan fingerprint density at radius 2 is 2.25 bits per heavy atom. The minimum Gasteiger partial charge on any atom is -0.481 e. The van der Waals surface area contributed by atoms with E-state index in [0.29, 0.717) is 10.9 Å². The highest BCUT2D eigenvalue weighted by Crippen LogP contribution is 2.20. The van der Waals surface area contributed by atoms with Gasteiger partial charge in [-0.15, -0.1) is 11.3 Å². The van der Waals surface area contributed by atoms with Gasteiger partial charge in [0.25, 0.3) is 0 Å². The van der Waals surface area contributed by atoms with Gasteiger partial charge in [-0.3, -0.25) is 9.59 Å². The molecule has 0 aliphatic carbocycles. The molecule has 0 aliphatic heterocycles. The number of carboxylic acid groups (broad SMARTS) is 1. The topological polar surface area (TPSA) is 92.4 Å². The van der Waals surface area contributed by atoms with Crippen molar-refractivity contribution in [2.45, 2.75) is 19.0 Å². The molecular weight excluding hydrogens is 252 g/mol. The zero-order valence-corrected chi connectivity index (χ0v) is 9.85. The Kier molecular flexibility index (Phi) is 4.72. The van der Waals surface area contributed by atoms with Crippen LogP contribution in [0.3, 0.4) is 0 Å². The predicted octanol–water partition coefficient (Wildman–Crippen LogP) is 0.820. The third kappa shape index (κ3) is 4.18. The Bertz CT molecular complexity index is 394. The van der Waals surface area contributed by atoms with Crippen LogP contribution >= 0.6 is 22.9 Å². The van der Waals surface area contributed by atoms with E-state index in [1.807, 2.05) is 0 Å². The van der Waals surface area contributed by atoms with Crippen LogP contribution in [0.25, 0.3) is 0 Å². The minimum absolute atomic E-state index is 0.309. The van der Waals surface area contributed by atoms with Crippen LogP contribution in [0.4, 0.5) is 0 Å². The van der Waals surface area contributed by atoms with Gasteiger partial charge >= 0.3 is 5.97 Å². The molecule has 5 nitrogen and oxygen atoms in total. The third-order valence-electron chi connectivity index (χ3n) is 1.80. The number of amides is 1. The highest BCUT2D eigenvalue weighted by atomic mass is 35.5. The smallest absolute Gasteiger partial charge is 0.305 e. The number of carboxylic acids is 1. The maximum Gasteiger partial charge on any atom is 0.305 e. The number of thiophene rings is 1. The molecule has 0 aliphatic rings. The second-order valence-electron chi connectivity index (χ2n) is 3.13. The van der Waals surface area contributed by atoms with E-state index in [4.69, 9.17) is 22.4 Å². The molecule has 16 heavy (non-hydrogen) atoms. The summed E-state index contributed by atoms with van der Waals surface area (Å²) < 4.78 is 0.638. The largest absolute Gasteiger partial charge is 0.481 e. The monoisotopic (exact) mass is 262 g/mol. The fourth-order valence-corrected chi connectivity index (χ4v) is 2.06. The molecule has 1 rings (SSSR count). The lowest BCUT2D eigenvalue weighted by molar-refractivity contribution is -0.139. The Morgan fingerprint density at radius 1 is 1.56 bits per heavy atom. The average Bonchev–Trinajstić information content (AvgIpc) is 2.59. The highest BCUT2D eigenvalue weighted by molar-refractivity contribution is 7.16. The Morgan fingerprint density at radius 3 is 2.75 bits per heavy atom. The van der Waals surface area contributed by atoms with Gasteiger partial charge in [-0.25, -0.2) is 0 Å². The van der Waals surface area contributed by atoms with E-state index in [2.05, 4.69) is 5.32 Å². The van der Waals surface area contributed by atoms with Gasteiger partial charge in [0.2, 0.25) is 5.91 Å². The Balaban J connectivity index is 2.37. The van der Waals surface area contributed by atoms with Crippen LogP contribution in [0.1, 0.15) is 11.3 Å². The van der Waals surface area contributed by atoms with Crippen molar-refractivity contribution in [2.75, 3.05) is 0 Å². The quantitative estimate of drug-likeness (QED) is 0.732. The van der Waals surface area contributed by atoms with Crippen molar-refractivity contribution in [3.63, 3.8) is 0 Å². The Hall–Kier alpha value is -1.11. The van der Waals surface area contributed by atoms with E-state index >= 15 is 0 Å². The molecule has 1 aromatic heterocycles. The van der Waals surface area contributed by atoms with Gasteiger partial charge in [-0.1, -0.05) is 11.6 Å². The van der Waals surface area contributed by atoms with Crippen molar-refractivity contribution in [3.05, 3.63) is 21.3 Å². The summed E-state index contributed by atoms with van der Waals surface area (Å²) in [7, 11) is 0. The van der Waals surface area contributed by atoms with Crippen LogP contribution in [0.2, 0.25) is 4.34 Å². The van der Waals surface area contributed by atoms with Crippen molar-refractivity contribution < 1.29 is 14.7 Å². The summed E-state index contributed by atoms with van der Waals surface area (Å²) in [6, 6.07) is 2.49. The van der Waals surface area contributed by atoms with E-state index in [9.17, 15) is 9.59 Å². The first kappa shape index (κ1) is 13.0. The molecule has 1 unspecified atom stereocenters. The van der Waals surface area contributed by atoms with Crippen molar-refractivity contribution in [1.82, 2.24) is 5.32 Å². The first-order chi connectivity index (χ1) is 7.49. The number of carbonyl (C=O) groups excluding carboxylic acids is 1. The molecule has 1 heterocycles. The van der Waals surface area contributed by atoms with Gasteiger partial charge in [0.1, 0.15) is 0 Å². The molecule has 1 aromatic rings. The van der Waals surface area contributed by atoms with E-state index in [-0.39, 0.29) is 6.42 Å². The summed E-state index contributed by atoms with van der Waals surface area (Å²) in [5.41, 5.74) is 5.37. The molecule has 1 atom stereocenters. The predicted molar refractivity (Wildman–Crippen MR) is 61.4 cm³/mol. The van der Waals surface area contributed by atoms with Gasteiger partial charge < -0.3 is 16.2 Å². The lowest BCUT2D eigenvalue weighted by Gasteiger charge is -2.08. The zero-order valence-electron chi connectivity index (χ0n) is 8.27. The van der Waals surface area contributed by atoms with Crippen LogP contribution in [-0.4, -0.2) is 23.0 Å². The molecule has 0 radical (unpaired) electrons. The van der Waals surface area contributed by atoms with Crippen molar-refractivity contribution in [3.8, 4) is 0 Å². The van der Waals surface area contributed by atoms with E-state index in [1.54, 1.807) is 12.1 Å². The normalized spacial score (nSPS) is 12.1.